The van der Waals surface area contributed by atoms with Crippen LogP contribution < -0.4 is 0 Å². The predicted octanol–water partition coefficient (Wildman–Crippen LogP) is 4.30. The van der Waals surface area contributed by atoms with Gasteiger partial charge in [-0.25, -0.2) is 0 Å². The Hall–Kier alpha value is -0.0813. The van der Waals surface area contributed by atoms with Crippen LogP contribution in [0.5, 0.6) is 0 Å². The number of hydrogen-bond donors (Lipinski definition) is 0. The summed E-state index contributed by atoms with van der Waals surface area (Å²) in [6.45, 7) is 4.36. The van der Waals surface area contributed by atoms with Crippen molar-refractivity contribution in [2.75, 3.05) is 0 Å². The van der Waals surface area contributed by atoms with Crippen LogP contribution in [0.1, 0.15) is 39.5 Å². The summed E-state index contributed by atoms with van der Waals surface area (Å²) in [5.74, 6) is 13.2. The Morgan fingerprint density at radius 2 is 1.13 bits per heavy atom. The zero-order valence-electron chi connectivity index (χ0n) is 10.7. The van der Waals surface area contributed by atoms with Crippen LogP contribution in [0.2, 0.25) is 18.8 Å². The van der Waals surface area contributed by atoms with E-state index in [9.17, 15) is 0 Å². The summed E-state index contributed by atoms with van der Waals surface area (Å²) in [7, 11) is 0. The molecule has 0 heterocycles. The van der Waals surface area contributed by atoms with E-state index in [0.717, 1.165) is 12.8 Å². The van der Waals surface area contributed by atoms with E-state index < -0.39 is 18.4 Å². The predicted molar refractivity (Wildman–Crippen MR) is 72.5 cm³/mol. The van der Waals surface area contributed by atoms with Gasteiger partial charge in [-0.1, -0.05) is 0 Å². The summed E-state index contributed by atoms with van der Waals surface area (Å²) in [5, 5.41) is 0. The Morgan fingerprint density at radius 3 is 1.47 bits per heavy atom. The van der Waals surface area contributed by atoms with Crippen molar-refractivity contribution in [1.82, 2.24) is 0 Å². The van der Waals surface area contributed by atoms with E-state index in [2.05, 4.69) is 47.4 Å². The van der Waals surface area contributed by atoms with E-state index in [0.29, 0.717) is 0 Å². The maximum atomic E-state index is 3.34. The summed E-state index contributed by atoms with van der Waals surface area (Å²) in [6.07, 6.45) is 4.48. The molecule has 0 unspecified atom stereocenters. The molecule has 0 aromatic heterocycles. The summed E-state index contributed by atoms with van der Waals surface area (Å²) < 4.78 is 2.35. The molecular weight excluding hydrogens is 287 g/mol. The number of unbranched alkanes of at least 4 members (excludes halogenated alkanes) is 2. The maximum absolute atomic E-state index is 3.34. The molecule has 15 heavy (non-hydrogen) atoms. The van der Waals surface area contributed by atoms with E-state index in [1.807, 2.05) is 0 Å². The molecule has 0 atom stereocenters. The fraction of sp³-hybridized carbons (Fsp3) is 0.714. The van der Waals surface area contributed by atoms with Crippen LogP contribution in [-0.4, -0.2) is 18.4 Å². The van der Waals surface area contributed by atoms with Gasteiger partial charge < -0.3 is 0 Å². The molecule has 0 spiro atoms. The first-order valence-electron chi connectivity index (χ1n) is 6.04. The van der Waals surface area contributed by atoms with Crippen LogP contribution in [-0.2, 0) is 0 Å². The average Bonchev–Trinajstić information content (AvgIpc) is 2.20. The van der Waals surface area contributed by atoms with Crippen molar-refractivity contribution in [2.45, 2.75) is 58.3 Å². The Balaban J connectivity index is 3.88. The Morgan fingerprint density at radius 1 is 0.733 bits per heavy atom. The molecule has 0 aliphatic carbocycles. The molecule has 0 saturated carbocycles. The van der Waals surface area contributed by atoms with Gasteiger partial charge in [-0.2, -0.15) is 0 Å². The number of hydrogen-bond acceptors (Lipinski definition) is 0. The summed E-state index contributed by atoms with van der Waals surface area (Å²) in [4.78, 5) is 4.91. The van der Waals surface area contributed by atoms with Crippen LogP contribution in [0.25, 0.3) is 0 Å². The summed E-state index contributed by atoms with van der Waals surface area (Å²) in [5.41, 5.74) is 0. The standard InChI is InChI=1S/2C6H9.2CH3.Sn/c2*1-3-5-6-4-2;;;/h2*1,4,6H2,2H3;2*1H3;. The Bertz CT molecular complexity index is 239. The zero-order chi connectivity index (χ0) is 11.6. The third kappa shape index (κ3) is 10.2. The molecule has 0 aliphatic rings. The third-order valence-electron chi connectivity index (χ3n) is 2.13. The fourth-order valence-electron chi connectivity index (χ4n) is 1.09. The second-order valence-corrected chi connectivity index (χ2v) is 19.1. The molecule has 0 aromatic carbocycles. The van der Waals surface area contributed by atoms with Gasteiger partial charge in [0.1, 0.15) is 0 Å². The zero-order valence-corrected chi connectivity index (χ0v) is 13.6. The van der Waals surface area contributed by atoms with Crippen LogP contribution in [0.4, 0.5) is 0 Å². The van der Waals surface area contributed by atoms with Gasteiger partial charge in [-0.3, -0.25) is 0 Å². The van der Waals surface area contributed by atoms with Gasteiger partial charge in [0, 0.05) is 0 Å². The monoisotopic (exact) mass is 312 g/mol. The topological polar surface area (TPSA) is 0 Å². The Kier molecular flexibility index (Phi) is 9.12. The quantitative estimate of drug-likeness (QED) is 0.536. The molecule has 0 N–H and O–H groups in total. The molecule has 0 saturated heterocycles. The molecule has 0 aromatic rings. The molecular formula is C14H24Sn. The van der Waals surface area contributed by atoms with Crippen molar-refractivity contribution in [2.24, 2.45) is 0 Å². The molecule has 84 valence electrons. The van der Waals surface area contributed by atoms with Crippen molar-refractivity contribution >= 4 is 18.4 Å². The molecule has 0 amide bonds. The molecule has 0 radical (unpaired) electrons. The van der Waals surface area contributed by atoms with Gasteiger partial charge in [-0.15, -0.1) is 0 Å². The summed E-state index contributed by atoms with van der Waals surface area (Å²) >= 11 is -1.87. The molecule has 1 heteroatoms. The van der Waals surface area contributed by atoms with Crippen LogP contribution in [0.15, 0.2) is 0 Å². The Labute approximate surface area is 100 Å². The van der Waals surface area contributed by atoms with Crippen molar-refractivity contribution in [1.29, 1.82) is 0 Å². The van der Waals surface area contributed by atoms with Gasteiger partial charge in [0.05, 0.1) is 0 Å². The van der Waals surface area contributed by atoms with Crippen molar-refractivity contribution in [3.8, 4) is 23.7 Å². The summed E-state index contributed by atoms with van der Waals surface area (Å²) in [6, 6.07) is 0. The second kappa shape index (κ2) is 9.17. The van der Waals surface area contributed by atoms with E-state index in [1.165, 1.54) is 21.7 Å². The first-order chi connectivity index (χ1) is 7.12. The van der Waals surface area contributed by atoms with E-state index in [1.54, 1.807) is 0 Å². The van der Waals surface area contributed by atoms with Crippen LogP contribution in [0, 0.1) is 23.7 Å². The van der Waals surface area contributed by atoms with Gasteiger partial charge in [-0.05, 0) is 0 Å². The van der Waals surface area contributed by atoms with Gasteiger partial charge >= 0.3 is 100 Å². The van der Waals surface area contributed by atoms with Crippen molar-refractivity contribution in [3.05, 3.63) is 0 Å². The molecule has 0 rings (SSSR count). The third-order valence-corrected chi connectivity index (χ3v) is 8.61. The van der Waals surface area contributed by atoms with Crippen LogP contribution >= 0.6 is 0 Å². The fourth-order valence-corrected chi connectivity index (χ4v) is 4.89. The first kappa shape index (κ1) is 14.9. The molecule has 0 nitrogen and oxygen atoms in total. The van der Waals surface area contributed by atoms with E-state index >= 15 is 0 Å². The van der Waals surface area contributed by atoms with Crippen molar-refractivity contribution in [3.63, 3.8) is 0 Å². The minimum atomic E-state index is -1.87. The van der Waals surface area contributed by atoms with E-state index in [4.69, 9.17) is 0 Å². The molecule has 0 bridgehead atoms. The van der Waals surface area contributed by atoms with E-state index in [-0.39, 0.29) is 0 Å². The van der Waals surface area contributed by atoms with Crippen LogP contribution in [0.3, 0.4) is 0 Å². The van der Waals surface area contributed by atoms with Gasteiger partial charge in [0.2, 0.25) is 0 Å². The second-order valence-electron chi connectivity index (χ2n) is 4.72. The number of rotatable bonds is 4. The van der Waals surface area contributed by atoms with Crippen molar-refractivity contribution < 1.29 is 0 Å². The minimum absolute atomic E-state index is 1.06. The normalized spacial score (nSPS) is 9.87. The van der Waals surface area contributed by atoms with Gasteiger partial charge in [0.25, 0.3) is 0 Å². The SMILES string of the molecule is CCCC#C[CH2][Sn]([CH3])([CH3])[CH2]C#CCCC. The van der Waals surface area contributed by atoms with Gasteiger partial charge in [0.15, 0.2) is 0 Å². The molecule has 0 fully saturated rings. The molecule has 0 aliphatic heterocycles. The average molecular weight is 311 g/mol. The first-order valence-corrected chi connectivity index (χ1v) is 15.8.